The molecule has 0 unspecified atom stereocenters. The number of carbonyl (C=O) groups is 1. The molecule has 6 heteroatoms. The van der Waals surface area contributed by atoms with Gasteiger partial charge in [-0.2, -0.15) is 0 Å². The summed E-state index contributed by atoms with van der Waals surface area (Å²) in [6.45, 7) is 2.11. The lowest BCUT2D eigenvalue weighted by Gasteiger charge is -2.10. The quantitative estimate of drug-likeness (QED) is 0.481. The van der Waals surface area contributed by atoms with Crippen molar-refractivity contribution in [1.82, 2.24) is 14.5 Å². The highest BCUT2D eigenvalue weighted by Gasteiger charge is 2.17. The van der Waals surface area contributed by atoms with Crippen LogP contribution in [0.3, 0.4) is 0 Å². The summed E-state index contributed by atoms with van der Waals surface area (Å²) in [6.07, 6.45) is 3.47. The zero-order chi connectivity index (χ0) is 20.1. The Kier molecular flexibility index (Phi) is 5.33. The van der Waals surface area contributed by atoms with Crippen molar-refractivity contribution >= 4 is 17.6 Å². The van der Waals surface area contributed by atoms with E-state index < -0.39 is 0 Å². The smallest absolute Gasteiger partial charge is 0.339 e. The van der Waals surface area contributed by atoms with Gasteiger partial charge in [0.1, 0.15) is 0 Å². The lowest BCUT2D eigenvalue weighted by Crippen LogP contribution is -2.03. The average Bonchev–Trinajstić information content (AvgIpc) is 3.21. The van der Waals surface area contributed by atoms with E-state index in [1.54, 1.807) is 25.4 Å². The van der Waals surface area contributed by atoms with Gasteiger partial charge in [-0.05, 0) is 43.3 Å². The molecular formula is C23H20N4O2. The van der Waals surface area contributed by atoms with E-state index in [0.717, 1.165) is 17.1 Å². The Morgan fingerprint density at radius 2 is 1.76 bits per heavy atom. The monoisotopic (exact) mass is 384 g/mol. The largest absolute Gasteiger partial charge is 0.462 e. The number of nitrogens with one attached hydrogen (secondary N) is 1. The third-order valence-corrected chi connectivity index (χ3v) is 4.31. The highest BCUT2D eigenvalue weighted by molar-refractivity contribution is 5.91. The molecule has 144 valence electrons. The Hall–Kier alpha value is -3.93. The van der Waals surface area contributed by atoms with Gasteiger partial charge in [0.25, 0.3) is 0 Å². The minimum atomic E-state index is -0.361. The van der Waals surface area contributed by atoms with Gasteiger partial charge in [0.2, 0.25) is 5.95 Å². The van der Waals surface area contributed by atoms with Gasteiger partial charge in [-0.15, -0.1) is 0 Å². The van der Waals surface area contributed by atoms with Crippen molar-refractivity contribution in [2.45, 2.75) is 6.92 Å². The molecule has 4 aromatic rings. The van der Waals surface area contributed by atoms with Gasteiger partial charge in [0.15, 0.2) is 0 Å². The molecule has 0 aliphatic carbocycles. The summed E-state index contributed by atoms with van der Waals surface area (Å²) in [5.74, 6) is 0.118. The highest BCUT2D eigenvalue weighted by atomic mass is 16.5. The van der Waals surface area contributed by atoms with Crippen LogP contribution in [0.1, 0.15) is 17.3 Å². The third kappa shape index (κ3) is 4.16. The van der Waals surface area contributed by atoms with Crippen molar-refractivity contribution < 1.29 is 9.53 Å². The van der Waals surface area contributed by atoms with Crippen LogP contribution in [0.15, 0.2) is 85.2 Å². The molecular weight excluding hydrogens is 364 g/mol. The molecule has 0 aliphatic rings. The number of benzene rings is 2. The summed E-state index contributed by atoms with van der Waals surface area (Å²) in [6, 6.07) is 23.1. The van der Waals surface area contributed by atoms with Gasteiger partial charge < -0.3 is 14.6 Å². The summed E-state index contributed by atoms with van der Waals surface area (Å²) in [5, 5.41) is 3.20. The van der Waals surface area contributed by atoms with E-state index >= 15 is 0 Å². The fourth-order valence-electron chi connectivity index (χ4n) is 3.00. The molecule has 0 aliphatic heterocycles. The standard InChI is InChI=1S/C23H20N4O2/c1-2-29-22(28)17-15-21(27(16-17)19-11-7-4-8-12-19)20-13-14-24-23(26-20)25-18-9-5-3-6-10-18/h3-16H,2H2,1H3,(H,24,25,26). The predicted octanol–water partition coefficient (Wildman–Crippen LogP) is 4.85. The number of anilines is 2. The zero-order valence-electron chi connectivity index (χ0n) is 15.9. The van der Waals surface area contributed by atoms with Gasteiger partial charge in [0, 0.05) is 23.8 Å². The summed E-state index contributed by atoms with van der Waals surface area (Å²) in [4.78, 5) is 21.3. The molecule has 2 aromatic heterocycles. The van der Waals surface area contributed by atoms with Gasteiger partial charge in [-0.3, -0.25) is 0 Å². The first-order chi connectivity index (χ1) is 14.2. The fourth-order valence-corrected chi connectivity index (χ4v) is 3.00. The van der Waals surface area contributed by atoms with Crippen LogP contribution in [0.25, 0.3) is 17.1 Å². The van der Waals surface area contributed by atoms with Crippen LogP contribution in [0.4, 0.5) is 11.6 Å². The Bertz CT molecular complexity index is 1110. The minimum absolute atomic E-state index is 0.323. The first-order valence-corrected chi connectivity index (χ1v) is 9.35. The molecule has 2 heterocycles. The predicted molar refractivity (Wildman–Crippen MR) is 112 cm³/mol. The number of rotatable bonds is 6. The first-order valence-electron chi connectivity index (χ1n) is 9.35. The second-order valence-corrected chi connectivity index (χ2v) is 6.30. The number of hydrogen-bond acceptors (Lipinski definition) is 5. The van der Waals surface area contributed by atoms with E-state index in [1.807, 2.05) is 71.3 Å². The molecule has 0 atom stereocenters. The summed E-state index contributed by atoms with van der Waals surface area (Å²) in [7, 11) is 0. The van der Waals surface area contributed by atoms with Crippen LogP contribution in [-0.4, -0.2) is 27.1 Å². The Morgan fingerprint density at radius 3 is 2.48 bits per heavy atom. The van der Waals surface area contributed by atoms with Gasteiger partial charge in [-0.1, -0.05) is 36.4 Å². The summed E-state index contributed by atoms with van der Waals surface area (Å²) in [5.41, 5.74) is 3.77. The van der Waals surface area contributed by atoms with Crippen LogP contribution in [0.5, 0.6) is 0 Å². The van der Waals surface area contributed by atoms with E-state index in [9.17, 15) is 4.79 Å². The molecule has 0 amide bonds. The molecule has 2 aromatic carbocycles. The van der Waals surface area contributed by atoms with Crippen molar-refractivity contribution in [3.05, 3.63) is 90.8 Å². The first kappa shape index (κ1) is 18.4. The topological polar surface area (TPSA) is 69.0 Å². The number of carbonyl (C=O) groups excluding carboxylic acids is 1. The molecule has 0 bridgehead atoms. The van der Waals surface area contributed by atoms with Gasteiger partial charge in [0.05, 0.1) is 23.6 Å². The van der Waals surface area contributed by atoms with Crippen LogP contribution in [0.2, 0.25) is 0 Å². The Balaban J connectivity index is 1.75. The lowest BCUT2D eigenvalue weighted by molar-refractivity contribution is 0.0526. The molecule has 0 radical (unpaired) electrons. The number of ether oxygens (including phenoxy) is 1. The van der Waals surface area contributed by atoms with Crippen molar-refractivity contribution in [3.63, 3.8) is 0 Å². The SMILES string of the molecule is CCOC(=O)c1cc(-c2ccnc(Nc3ccccc3)n2)n(-c2ccccc2)c1. The Morgan fingerprint density at radius 1 is 1.03 bits per heavy atom. The van der Waals surface area contributed by atoms with Crippen LogP contribution >= 0.6 is 0 Å². The van der Waals surface area contributed by atoms with E-state index in [4.69, 9.17) is 4.74 Å². The molecule has 1 N–H and O–H groups in total. The minimum Gasteiger partial charge on any atom is -0.462 e. The summed E-state index contributed by atoms with van der Waals surface area (Å²) < 4.78 is 7.10. The molecule has 4 rings (SSSR count). The lowest BCUT2D eigenvalue weighted by atomic mass is 10.2. The second-order valence-electron chi connectivity index (χ2n) is 6.30. The van der Waals surface area contributed by atoms with Crippen molar-refractivity contribution in [1.29, 1.82) is 0 Å². The second kappa shape index (κ2) is 8.39. The highest BCUT2D eigenvalue weighted by Crippen LogP contribution is 2.26. The van der Waals surface area contributed by atoms with E-state index in [2.05, 4.69) is 15.3 Å². The van der Waals surface area contributed by atoms with Crippen LogP contribution < -0.4 is 5.32 Å². The van der Waals surface area contributed by atoms with Gasteiger partial charge in [-0.25, -0.2) is 14.8 Å². The molecule has 0 saturated carbocycles. The summed E-state index contributed by atoms with van der Waals surface area (Å²) >= 11 is 0. The zero-order valence-corrected chi connectivity index (χ0v) is 15.9. The van der Waals surface area contributed by atoms with Crippen LogP contribution in [0, 0.1) is 0 Å². The molecule has 0 saturated heterocycles. The molecule has 0 spiro atoms. The number of hydrogen-bond donors (Lipinski definition) is 1. The van der Waals surface area contributed by atoms with E-state index in [-0.39, 0.29) is 5.97 Å². The van der Waals surface area contributed by atoms with Crippen molar-refractivity contribution in [3.8, 4) is 17.1 Å². The Labute approximate surface area is 168 Å². The number of esters is 1. The van der Waals surface area contributed by atoms with Gasteiger partial charge >= 0.3 is 5.97 Å². The maximum Gasteiger partial charge on any atom is 0.339 e. The van der Waals surface area contributed by atoms with Crippen molar-refractivity contribution in [2.24, 2.45) is 0 Å². The van der Waals surface area contributed by atoms with Crippen LogP contribution in [-0.2, 0) is 4.74 Å². The number of aromatic nitrogens is 3. The normalized spacial score (nSPS) is 10.5. The molecule has 6 nitrogen and oxygen atoms in total. The molecule has 29 heavy (non-hydrogen) atoms. The van der Waals surface area contributed by atoms with E-state index in [0.29, 0.717) is 23.8 Å². The van der Waals surface area contributed by atoms with Crippen molar-refractivity contribution in [2.75, 3.05) is 11.9 Å². The molecule has 0 fully saturated rings. The van der Waals surface area contributed by atoms with E-state index in [1.165, 1.54) is 0 Å². The average molecular weight is 384 g/mol. The fraction of sp³-hybridized carbons (Fsp3) is 0.0870. The maximum atomic E-state index is 12.3. The number of nitrogens with zero attached hydrogens (tertiary/aromatic N) is 3. The maximum absolute atomic E-state index is 12.3. The third-order valence-electron chi connectivity index (χ3n) is 4.31. The number of para-hydroxylation sites is 2.